The van der Waals surface area contributed by atoms with Crippen molar-refractivity contribution >= 4 is 33.0 Å². The molecule has 0 spiro atoms. The maximum Gasteiger partial charge on any atom is 0.150 e. The second kappa shape index (κ2) is 7.43. The van der Waals surface area contributed by atoms with E-state index in [1.807, 2.05) is 6.07 Å². The Labute approximate surface area is 151 Å². The van der Waals surface area contributed by atoms with E-state index in [-0.39, 0.29) is 10.2 Å². The van der Waals surface area contributed by atoms with Crippen molar-refractivity contribution in [2.75, 3.05) is 0 Å². The fourth-order valence-electron chi connectivity index (χ4n) is 1.81. The summed E-state index contributed by atoms with van der Waals surface area (Å²) in [4.78, 5) is 4.03. The Hall–Kier alpha value is -1.75. The van der Waals surface area contributed by atoms with Crippen LogP contribution in [0.2, 0.25) is 0 Å². The van der Waals surface area contributed by atoms with Gasteiger partial charge in [0.05, 0.1) is 4.47 Å². The van der Waals surface area contributed by atoms with E-state index in [2.05, 4.69) is 25.3 Å². The summed E-state index contributed by atoms with van der Waals surface area (Å²) in [5.74, 6) is -0.415. The maximum absolute atomic E-state index is 13.6. The number of benzene rings is 1. The number of nitrogens with zero attached hydrogens (tertiary/aromatic N) is 3. The van der Waals surface area contributed by atoms with Crippen LogP contribution in [0, 0.1) is 17.1 Å². The van der Waals surface area contributed by atoms with Crippen molar-refractivity contribution in [1.82, 2.24) is 4.98 Å². The lowest BCUT2D eigenvalue weighted by molar-refractivity contribution is 0.561. The highest BCUT2D eigenvalue weighted by atomic mass is 79.9. The molecule has 0 radical (unpaired) electrons. The van der Waals surface area contributed by atoms with Gasteiger partial charge in [-0.05, 0) is 67.0 Å². The lowest BCUT2D eigenvalue weighted by Crippen LogP contribution is -2.27. The first-order valence-electron chi connectivity index (χ1n) is 7.05. The van der Waals surface area contributed by atoms with E-state index in [0.717, 1.165) is 0 Å². The summed E-state index contributed by atoms with van der Waals surface area (Å²) in [6.45, 7) is 5.41. The van der Waals surface area contributed by atoms with Gasteiger partial charge in [0.1, 0.15) is 39.4 Å². The molecular formula is C17H15BrFN3OS. The summed E-state index contributed by atoms with van der Waals surface area (Å²) in [6.07, 6.45) is 1.50. The summed E-state index contributed by atoms with van der Waals surface area (Å²) < 4.78 is 30.1. The lowest BCUT2D eigenvalue weighted by atomic mass is 10.0. The van der Waals surface area contributed by atoms with Crippen LogP contribution in [0.4, 0.5) is 4.39 Å². The first-order valence-corrected chi connectivity index (χ1v) is 8.95. The number of halogens is 2. The fourth-order valence-corrected chi connectivity index (χ4v) is 2.83. The number of nitriles is 1. The molecule has 0 aliphatic carbocycles. The minimum Gasteiger partial charge on any atom is -0.591 e. The molecule has 1 aromatic heterocycles. The van der Waals surface area contributed by atoms with Gasteiger partial charge in [-0.15, -0.1) is 0 Å². The quantitative estimate of drug-likeness (QED) is 0.566. The lowest BCUT2D eigenvalue weighted by Gasteiger charge is -2.19. The van der Waals surface area contributed by atoms with E-state index in [1.165, 1.54) is 18.3 Å². The van der Waals surface area contributed by atoms with E-state index in [4.69, 9.17) is 0 Å². The normalized spacial score (nSPS) is 13.5. The van der Waals surface area contributed by atoms with Crippen molar-refractivity contribution in [3.8, 4) is 6.07 Å². The predicted octanol–water partition coefficient (Wildman–Crippen LogP) is 4.15. The molecule has 2 aromatic rings. The van der Waals surface area contributed by atoms with Crippen LogP contribution in [0.1, 0.15) is 37.6 Å². The van der Waals surface area contributed by atoms with Gasteiger partial charge in [0.25, 0.3) is 0 Å². The Kier molecular flexibility index (Phi) is 5.75. The average Bonchev–Trinajstić information content (AvgIpc) is 2.54. The first kappa shape index (κ1) is 18.6. The predicted molar refractivity (Wildman–Crippen MR) is 96.6 cm³/mol. The minimum atomic E-state index is -1.55. The fraction of sp³-hybridized carbons (Fsp3) is 0.235. The number of hydrogen-bond donors (Lipinski definition) is 0. The van der Waals surface area contributed by atoms with Crippen LogP contribution in [-0.4, -0.2) is 20.0 Å². The highest BCUT2D eigenvalue weighted by Gasteiger charge is 2.28. The monoisotopic (exact) mass is 407 g/mol. The van der Waals surface area contributed by atoms with Crippen LogP contribution in [-0.2, 0) is 11.4 Å². The third-order valence-electron chi connectivity index (χ3n) is 3.06. The van der Waals surface area contributed by atoms with Crippen molar-refractivity contribution in [1.29, 1.82) is 5.26 Å². The van der Waals surface area contributed by atoms with E-state index >= 15 is 0 Å². The molecule has 1 heterocycles. The zero-order valence-electron chi connectivity index (χ0n) is 13.4. The number of rotatable bonds is 3. The average molecular weight is 408 g/mol. The van der Waals surface area contributed by atoms with E-state index in [0.29, 0.717) is 16.8 Å². The maximum atomic E-state index is 13.6. The zero-order valence-corrected chi connectivity index (χ0v) is 15.8. The molecule has 0 bridgehead atoms. The molecule has 2 rings (SSSR count). The van der Waals surface area contributed by atoms with Gasteiger partial charge < -0.3 is 4.55 Å². The molecule has 0 N–H and O–H groups in total. The molecule has 0 fully saturated rings. The molecule has 0 amide bonds. The van der Waals surface area contributed by atoms with Crippen LogP contribution in [0.3, 0.4) is 0 Å². The molecule has 0 saturated carbocycles. The standard InChI is InChI=1S/C17H15BrFN3OS/c1-17(2,3)24(23)22-16(11-6-7-14(19)13(18)9-11)12-5-4-8-21-15(12)10-20/h4-9H,1-3H3. The summed E-state index contributed by atoms with van der Waals surface area (Å²) in [7, 11) is 0. The molecule has 24 heavy (non-hydrogen) atoms. The molecule has 0 aliphatic heterocycles. The van der Waals surface area contributed by atoms with Crippen molar-refractivity contribution in [3.63, 3.8) is 0 Å². The third kappa shape index (κ3) is 4.20. The molecule has 1 unspecified atom stereocenters. The van der Waals surface area contributed by atoms with Crippen molar-refractivity contribution in [3.05, 3.63) is 63.6 Å². The van der Waals surface area contributed by atoms with Crippen LogP contribution in [0.15, 0.2) is 45.4 Å². The molecule has 7 heteroatoms. The Morgan fingerprint density at radius 3 is 2.67 bits per heavy atom. The Morgan fingerprint density at radius 1 is 1.38 bits per heavy atom. The van der Waals surface area contributed by atoms with E-state index in [1.54, 1.807) is 39.0 Å². The summed E-state index contributed by atoms with van der Waals surface area (Å²) >= 11 is 1.59. The second-order valence-corrected chi connectivity index (χ2v) is 8.70. The first-order chi connectivity index (χ1) is 11.2. The van der Waals surface area contributed by atoms with Gasteiger partial charge in [-0.2, -0.15) is 5.26 Å². The summed E-state index contributed by atoms with van der Waals surface area (Å²) in [5.41, 5.74) is 1.51. The van der Waals surface area contributed by atoms with Crippen molar-refractivity contribution in [2.45, 2.75) is 25.5 Å². The molecular weight excluding hydrogens is 393 g/mol. The van der Waals surface area contributed by atoms with Gasteiger partial charge in [-0.25, -0.2) is 9.37 Å². The topological polar surface area (TPSA) is 72.1 Å². The highest BCUT2D eigenvalue weighted by Crippen LogP contribution is 2.24. The third-order valence-corrected chi connectivity index (χ3v) is 5.06. The molecule has 124 valence electrons. The van der Waals surface area contributed by atoms with Crippen LogP contribution in [0.25, 0.3) is 0 Å². The van der Waals surface area contributed by atoms with Crippen LogP contribution < -0.4 is 0 Å². The van der Waals surface area contributed by atoms with Gasteiger partial charge in [0, 0.05) is 17.3 Å². The molecule has 1 aromatic carbocycles. The largest absolute Gasteiger partial charge is 0.591 e. The van der Waals surface area contributed by atoms with Crippen LogP contribution >= 0.6 is 15.9 Å². The van der Waals surface area contributed by atoms with Gasteiger partial charge in [0.2, 0.25) is 0 Å². The van der Waals surface area contributed by atoms with Gasteiger partial charge in [0.15, 0.2) is 0 Å². The smallest absolute Gasteiger partial charge is 0.150 e. The summed E-state index contributed by atoms with van der Waals surface area (Å²) in [6, 6.07) is 9.73. The minimum absolute atomic E-state index is 0.169. The molecule has 0 saturated heterocycles. The SMILES string of the molecule is CC(C)(C)[S+]([O-])N=C(c1ccc(F)c(Br)c1)c1cccnc1C#N. The van der Waals surface area contributed by atoms with Gasteiger partial charge >= 0.3 is 0 Å². The van der Waals surface area contributed by atoms with Crippen molar-refractivity contribution < 1.29 is 8.94 Å². The van der Waals surface area contributed by atoms with Crippen LogP contribution in [0.5, 0.6) is 0 Å². The molecule has 0 aliphatic rings. The van der Waals surface area contributed by atoms with E-state index in [9.17, 15) is 14.2 Å². The van der Waals surface area contributed by atoms with Gasteiger partial charge in [-0.1, -0.05) is 4.40 Å². The number of aromatic nitrogens is 1. The van der Waals surface area contributed by atoms with Crippen molar-refractivity contribution in [2.24, 2.45) is 4.40 Å². The Morgan fingerprint density at radius 2 is 2.08 bits per heavy atom. The zero-order chi connectivity index (χ0) is 17.9. The number of pyridine rings is 1. The summed E-state index contributed by atoms with van der Waals surface area (Å²) in [5, 5.41) is 9.29. The molecule has 4 nitrogen and oxygen atoms in total. The highest BCUT2D eigenvalue weighted by molar-refractivity contribution is 9.10. The molecule has 1 atom stereocenters. The van der Waals surface area contributed by atoms with E-state index < -0.39 is 21.9 Å². The Balaban J connectivity index is 2.68. The second-order valence-electron chi connectivity index (χ2n) is 5.94. The number of hydrogen-bond acceptors (Lipinski definition) is 4. The Bertz CT molecular complexity index is 827. The van der Waals surface area contributed by atoms with Gasteiger partial charge in [-0.3, -0.25) is 0 Å².